The van der Waals surface area contributed by atoms with Crippen LogP contribution in [0.2, 0.25) is 10.0 Å². The lowest BCUT2D eigenvalue weighted by Gasteiger charge is -2.36. The molecule has 2 aromatic heterocycles. The maximum absolute atomic E-state index is 13.2. The predicted octanol–water partition coefficient (Wildman–Crippen LogP) is 8.75. The van der Waals surface area contributed by atoms with Gasteiger partial charge in [0.2, 0.25) is 0 Å². The van der Waals surface area contributed by atoms with Gasteiger partial charge < -0.3 is 9.32 Å². The van der Waals surface area contributed by atoms with Gasteiger partial charge in [0.25, 0.3) is 0 Å². The van der Waals surface area contributed by atoms with Crippen molar-refractivity contribution in [3.8, 4) is 0 Å². The van der Waals surface area contributed by atoms with Gasteiger partial charge in [0.15, 0.2) is 11.0 Å². The summed E-state index contributed by atoms with van der Waals surface area (Å²) >= 11 is 12.4. The van der Waals surface area contributed by atoms with E-state index in [1.165, 1.54) is 38.5 Å². The molecule has 2 aliphatic carbocycles. The molecule has 0 N–H and O–H groups in total. The van der Waals surface area contributed by atoms with Gasteiger partial charge in [-0.1, -0.05) is 49.2 Å². The molecule has 2 fully saturated rings. The largest absolute Gasteiger partial charge is 0.462 e. The maximum atomic E-state index is 13.2. The summed E-state index contributed by atoms with van der Waals surface area (Å²) in [5.74, 6) is 4.38. The van der Waals surface area contributed by atoms with Gasteiger partial charge in [-0.2, -0.15) is 0 Å². The van der Waals surface area contributed by atoms with Crippen LogP contribution in [0.3, 0.4) is 0 Å². The normalized spacial score (nSPS) is 23.7. The standard InChI is InChI=1S/C34H39Cl2N3O2/c1-20(15-23-19-41-32-27(31(23)40)16-25(35)17-28(32)36)21(2)22-11-13-34(14-12-22)18-24(34)9-10-30-37-29-8-6-5-7-26(29)33(38-30)39(3)4/h5-8,16-17,19-22,24H,9-15,18H2,1-4H3. The minimum atomic E-state index is -0.0220. The zero-order valence-corrected chi connectivity index (χ0v) is 25.9. The van der Waals surface area contributed by atoms with Crippen molar-refractivity contribution in [3.63, 3.8) is 0 Å². The first kappa shape index (κ1) is 28.5. The van der Waals surface area contributed by atoms with E-state index < -0.39 is 0 Å². The molecule has 3 atom stereocenters. The number of halogens is 2. The van der Waals surface area contributed by atoms with Gasteiger partial charge in [-0.3, -0.25) is 4.79 Å². The summed E-state index contributed by atoms with van der Waals surface area (Å²) in [4.78, 5) is 25.1. The van der Waals surface area contributed by atoms with E-state index >= 15 is 0 Å². The number of para-hydroxylation sites is 1. The molecule has 41 heavy (non-hydrogen) atoms. The lowest BCUT2D eigenvalue weighted by Crippen LogP contribution is -2.27. The third-order valence-electron chi connectivity index (χ3n) is 10.2. The summed E-state index contributed by atoms with van der Waals surface area (Å²) < 4.78 is 5.78. The third-order valence-corrected chi connectivity index (χ3v) is 10.7. The van der Waals surface area contributed by atoms with Crippen LogP contribution in [-0.4, -0.2) is 24.1 Å². The SMILES string of the molecule is CC(Cc1coc2c(Cl)cc(Cl)cc2c1=O)C(C)C1CCC2(CC1)CC2CCc1nc(N(C)C)c2ccccc2n1. The number of aromatic nitrogens is 2. The molecule has 3 unspecified atom stereocenters. The predicted molar refractivity (Wildman–Crippen MR) is 169 cm³/mol. The lowest BCUT2D eigenvalue weighted by molar-refractivity contribution is 0.153. The van der Waals surface area contributed by atoms with Crippen molar-refractivity contribution in [2.24, 2.45) is 29.1 Å². The minimum Gasteiger partial charge on any atom is -0.462 e. The molecule has 0 bridgehead atoms. The quantitative estimate of drug-likeness (QED) is 0.205. The smallest absolute Gasteiger partial charge is 0.195 e. The second-order valence-corrected chi connectivity index (χ2v) is 13.8. The Morgan fingerprint density at radius 1 is 1.07 bits per heavy atom. The fraction of sp³-hybridized carbons (Fsp3) is 0.500. The zero-order chi connectivity index (χ0) is 28.9. The number of hydrogen-bond donors (Lipinski definition) is 0. The average Bonchev–Trinajstić information content (AvgIpc) is 3.64. The van der Waals surface area contributed by atoms with Crippen LogP contribution in [0.15, 0.2) is 51.9 Å². The highest BCUT2D eigenvalue weighted by Gasteiger charge is 2.54. The Hall–Kier alpha value is -2.63. The fourth-order valence-electron chi connectivity index (χ4n) is 7.40. The topological polar surface area (TPSA) is 59.2 Å². The molecule has 1 spiro atoms. The van der Waals surface area contributed by atoms with Crippen LogP contribution in [0.4, 0.5) is 5.82 Å². The van der Waals surface area contributed by atoms with E-state index in [4.69, 9.17) is 37.6 Å². The van der Waals surface area contributed by atoms with Crippen molar-refractivity contribution in [1.29, 1.82) is 0 Å². The molecule has 0 saturated heterocycles. The van der Waals surface area contributed by atoms with Gasteiger partial charge in [0, 0.05) is 36.5 Å². The Kier molecular flexibility index (Phi) is 7.80. The summed E-state index contributed by atoms with van der Waals surface area (Å²) in [6.45, 7) is 4.64. The molecule has 5 nitrogen and oxygen atoms in total. The molecule has 0 radical (unpaired) electrons. The van der Waals surface area contributed by atoms with Crippen molar-refractivity contribution in [2.75, 3.05) is 19.0 Å². The third kappa shape index (κ3) is 5.60. The van der Waals surface area contributed by atoms with Crippen molar-refractivity contribution in [1.82, 2.24) is 9.97 Å². The summed E-state index contributed by atoms with van der Waals surface area (Å²) in [5.41, 5.74) is 2.65. The lowest BCUT2D eigenvalue weighted by atomic mass is 9.70. The van der Waals surface area contributed by atoms with E-state index in [9.17, 15) is 4.79 Å². The Labute approximate surface area is 252 Å². The number of rotatable bonds is 8. The molecule has 4 aromatic rings. The van der Waals surface area contributed by atoms with Crippen LogP contribution in [-0.2, 0) is 12.8 Å². The molecule has 6 rings (SSSR count). The maximum Gasteiger partial charge on any atom is 0.195 e. The van der Waals surface area contributed by atoms with Crippen molar-refractivity contribution >= 4 is 50.9 Å². The van der Waals surface area contributed by atoms with Gasteiger partial charge in [-0.05, 0) is 98.3 Å². The van der Waals surface area contributed by atoms with Crippen LogP contribution in [0.25, 0.3) is 21.9 Å². The number of anilines is 1. The van der Waals surface area contributed by atoms with Crippen LogP contribution in [0.5, 0.6) is 0 Å². The van der Waals surface area contributed by atoms with E-state index in [1.807, 2.05) is 0 Å². The number of benzene rings is 2. The zero-order valence-electron chi connectivity index (χ0n) is 24.4. The molecule has 216 valence electrons. The van der Waals surface area contributed by atoms with Crippen molar-refractivity contribution < 1.29 is 4.42 Å². The summed E-state index contributed by atoms with van der Waals surface area (Å²) in [7, 11) is 4.11. The molecule has 0 aliphatic heterocycles. The van der Waals surface area contributed by atoms with Gasteiger partial charge >= 0.3 is 0 Å². The second kappa shape index (κ2) is 11.2. The van der Waals surface area contributed by atoms with Crippen molar-refractivity contribution in [3.05, 3.63) is 74.3 Å². The fourth-order valence-corrected chi connectivity index (χ4v) is 7.94. The monoisotopic (exact) mass is 591 g/mol. The highest BCUT2D eigenvalue weighted by atomic mass is 35.5. The minimum absolute atomic E-state index is 0.0220. The van der Waals surface area contributed by atoms with E-state index in [2.05, 4.69) is 57.1 Å². The molecule has 2 saturated carbocycles. The molecular formula is C34H39Cl2N3O2. The first-order chi connectivity index (χ1) is 19.6. The summed E-state index contributed by atoms with van der Waals surface area (Å²) in [5, 5.41) is 2.40. The van der Waals surface area contributed by atoms with Crippen LogP contribution < -0.4 is 10.3 Å². The molecule has 7 heteroatoms. The number of hydrogen-bond acceptors (Lipinski definition) is 5. The molecule has 2 heterocycles. The van der Waals surface area contributed by atoms with Crippen LogP contribution in [0.1, 0.15) is 63.8 Å². The first-order valence-corrected chi connectivity index (χ1v) is 15.7. The van der Waals surface area contributed by atoms with E-state index in [0.29, 0.717) is 56.2 Å². The molecule has 2 aromatic carbocycles. The molecule has 2 aliphatic rings. The summed E-state index contributed by atoms with van der Waals surface area (Å²) in [6, 6.07) is 11.6. The van der Waals surface area contributed by atoms with Crippen LogP contribution >= 0.6 is 23.2 Å². The van der Waals surface area contributed by atoms with Gasteiger partial charge in [-0.15, -0.1) is 0 Å². The molecule has 0 amide bonds. The second-order valence-electron chi connectivity index (χ2n) is 12.9. The van der Waals surface area contributed by atoms with E-state index in [-0.39, 0.29) is 5.43 Å². The van der Waals surface area contributed by atoms with E-state index in [0.717, 1.165) is 34.9 Å². The number of fused-ring (bicyclic) bond motifs is 2. The Bertz CT molecular complexity index is 1640. The van der Waals surface area contributed by atoms with Crippen molar-refractivity contribution in [2.45, 2.75) is 65.2 Å². The Balaban J connectivity index is 1.05. The van der Waals surface area contributed by atoms with E-state index in [1.54, 1.807) is 18.4 Å². The number of aryl methyl sites for hydroxylation is 1. The Morgan fingerprint density at radius 2 is 1.83 bits per heavy atom. The highest BCUT2D eigenvalue weighted by molar-refractivity contribution is 6.38. The van der Waals surface area contributed by atoms with Gasteiger partial charge in [0.05, 0.1) is 22.2 Å². The Morgan fingerprint density at radius 3 is 2.59 bits per heavy atom. The number of nitrogens with zero attached hydrogens (tertiary/aromatic N) is 3. The summed E-state index contributed by atoms with van der Waals surface area (Å²) in [6.07, 6.45) is 10.9. The van der Waals surface area contributed by atoms with Gasteiger partial charge in [0.1, 0.15) is 11.6 Å². The highest BCUT2D eigenvalue weighted by Crippen LogP contribution is 2.64. The first-order valence-electron chi connectivity index (χ1n) is 15.0. The van der Waals surface area contributed by atoms with Crippen LogP contribution in [0, 0.1) is 29.1 Å². The molecular weight excluding hydrogens is 553 g/mol. The van der Waals surface area contributed by atoms with Gasteiger partial charge in [-0.25, -0.2) is 9.97 Å². The average molecular weight is 593 g/mol.